The number of nitrogens with two attached hydrogens (primary N) is 1. The molecule has 1 amide bonds. The van der Waals surface area contributed by atoms with E-state index in [4.69, 9.17) is 5.73 Å². The third-order valence-electron chi connectivity index (χ3n) is 6.23. The van der Waals surface area contributed by atoms with Gasteiger partial charge in [0.2, 0.25) is 0 Å². The Morgan fingerprint density at radius 2 is 1.91 bits per heavy atom. The van der Waals surface area contributed by atoms with Gasteiger partial charge in [-0.15, -0.1) is 0 Å². The van der Waals surface area contributed by atoms with Crippen molar-refractivity contribution >= 4 is 28.5 Å². The molecule has 0 radical (unpaired) electrons. The second kappa shape index (κ2) is 9.11. The van der Waals surface area contributed by atoms with E-state index in [1.807, 2.05) is 47.3 Å². The lowest BCUT2D eigenvalue weighted by Crippen LogP contribution is -2.15. The summed E-state index contributed by atoms with van der Waals surface area (Å²) in [4.78, 5) is 24.6. The molecule has 5 rings (SSSR count). The standard InChI is InChI=1S/C27H26N4O3/c28-14-18-4-3-6-19(10-18)22-11-21(12-25-23(22)15-29-31(25)16-17-8-9-17)27(34)30-24-7-2-1-5-20(24)13-26(32)33/h1-7,10-12,15,17H,8-9,13-14,16,28H2,(H,30,34)(H,32,33). The Morgan fingerprint density at radius 1 is 1.09 bits per heavy atom. The van der Waals surface area contributed by atoms with E-state index in [0.29, 0.717) is 29.3 Å². The largest absolute Gasteiger partial charge is 0.481 e. The lowest BCUT2D eigenvalue weighted by atomic mass is 9.97. The van der Waals surface area contributed by atoms with Crippen molar-refractivity contribution in [2.24, 2.45) is 11.7 Å². The number of nitrogens with one attached hydrogen (secondary N) is 1. The van der Waals surface area contributed by atoms with E-state index < -0.39 is 5.97 Å². The first-order chi connectivity index (χ1) is 16.5. The quantitative estimate of drug-likeness (QED) is 0.364. The minimum absolute atomic E-state index is 0.166. The molecule has 0 unspecified atom stereocenters. The van der Waals surface area contributed by atoms with Crippen LogP contribution in [-0.4, -0.2) is 26.8 Å². The van der Waals surface area contributed by atoms with Crippen molar-refractivity contribution in [3.8, 4) is 11.1 Å². The minimum Gasteiger partial charge on any atom is -0.481 e. The fourth-order valence-corrected chi connectivity index (χ4v) is 4.26. The Morgan fingerprint density at radius 3 is 2.68 bits per heavy atom. The molecule has 0 spiro atoms. The van der Waals surface area contributed by atoms with E-state index in [1.54, 1.807) is 24.3 Å². The predicted molar refractivity (Wildman–Crippen MR) is 132 cm³/mol. The minimum atomic E-state index is -0.950. The van der Waals surface area contributed by atoms with Gasteiger partial charge < -0.3 is 16.2 Å². The van der Waals surface area contributed by atoms with Crippen LogP contribution in [0.2, 0.25) is 0 Å². The molecule has 3 aromatic carbocycles. The highest BCUT2D eigenvalue weighted by atomic mass is 16.4. The number of aromatic nitrogens is 2. The van der Waals surface area contributed by atoms with E-state index >= 15 is 0 Å². The highest BCUT2D eigenvalue weighted by molar-refractivity contribution is 6.09. The van der Waals surface area contributed by atoms with Crippen LogP contribution in [0.1, 0.15) is 34.3 Å². The summed E-state index contributed by atoms with van der Waals surface area (Å²) in [5.41, 5.74) is 11.2. The first-order valence-electron chi connectivity index (χ1n) is 11.4. The van der Waals surface area contributed by atoms with Gasteiger partial charge in [0.05, 0.1) is 18.1 Å². The van der Waals surface area contributed by atoms with Crippen LogP contribution in [0.5, 0.6) is 0 Å². The van der Waals surface area contributed by atoms with Gasteiger partial charge in [-0.3, -0.25) is 14.3 Å². The van der Waals surface area contributed by atoms with E-state index in [2.05, 4.69) is 10.4 Å². The number of rotatable bonds is 8. The summed E-state index contributed by atoms with van der Waals surface area (Å²) >= 11 is 0. The Bertz CT molecular complexity index is 1390. The Balaban J connectivity index is 1.58. The molecule has 0 saturated heterocycles. The van der Waals surface area contributed by atoms with E-state index in [1.165, 1.54) is 12.8 Å². The lowest BCUT2D eigenvalue weighted by molar-refractivity contribution is -0.136. The Labute approximate surface area is 197 Å². The number of anilines is 1. The average Bonchev–Trinajstić information content (AvgIpc) is 3.57. The molecule has 7 nitrogen and oxygen atoms in total. The smallest absolute Gasteiger partial charge is 0.307 e. The molecule has 1 aromatic heterocycles. The van der Waals surface area contributed by atoms with Gasteiger partial charge in [0.25, 0.3) is 5.91 Å². The Kier molecular flexibility index (Phi) is 5.86. The van der Waals surface area contributed by atoms with Crippen LogP contribution in [-0.2, 0) is 24.3 Å². The topological polar surface area (TPSA) is 110 Å². The number of hydrogen-bond acceptors (Lipinski definition) is 4. The fraction of sp³-hybridized carbons (Fsp3) is 0.222. The number of nitrogens with zero attached hydrogens (tertiary/aromatic N) is 2. The maximum Gasteiger partial charge on any atom is 0.307 e. The monoisotopic (exact) mass is 454 g/mol. The molecule has 0 atom stereocenters. The molecule has 0 bridgehead atoms. The second-order valence-electron chi connectivity index (χ2n) is 8.81. The van der Waals surface area contributed by atoms with Crippen molar-refractivity contribution < 1.29 is 14.7 Å². The lowest BCUT2D eigenvalue weighted by Gasteiger charge is -2.13. The number of aliphatic carboxylic acids is 1. The zero-order valence-corrected chi connectivity index (χ0v) is 18.7. The van der Waals surface area contributed by atoms with Gasteiger partial charge in [0, 0.05) is 29.7 Å². The second-order valence-corrected chi connectivity index (χ2v) is 8.81. The number of hydrogen-bond donors (Lipinski definition) is 3. The molecule has 0 aliphatic heterocycles. The van der Waals surface area contributed by atoms with Gasteiger partial charge >= 0.3 is 5.97 Å². The number of fused-ring (bicyclic) bond motifs is 1. The van der Waals surface area contributed by atoms with E-state index in [0.717, 1.165) is 34.1 Å². The van der Waals surface area contributed by atoms with Gasteiger partial charge in [-0.25, -0.2) is 0 Å². The summed E-state index contributed by atoms with van der Waals surface area (Å²) in [5.74, 6) is -0.614. The number of carboxylic acid groups (broad SMARTS) is 1. The van der Waals surface area contributed by atoms with Crippen molar-refractivity contribution in [3.63, 3.8) is 0 Å². The highest BCUT2D eigenvalue weighted by Crippen LogP contribution is 2.35. The molecule has 34 heavy (non-hydrogen) atoms. The van der Waals surface area contributed by atoms with Gasteiger partial charge in [0.15, 0.2) is 0 Å². The van der Waals surface area contributed by atoms with Crippen LogP contribution >= 0.6 is 0 Å². The molecule has 7 heteroatoms. The van der Waals surface area contributed by atoms with Crippen molar-refractivity contribution in [3.05, 3.63) is 83.6 Å². The number of para-hydroxylation sites is 1. The fourth-order valence-electron chi connectivity index (χ4n) is 4.26. The van der Waals surface area contributed by atoms with Crippen LogP contribution in [0, 0.1) is 5.92 Å². The molecule has 4 N–H and O–H groups in total. The van der Waals surface area contributed by atoms with Crippen molar-refractivity contribution in [2.75, 3.05) is 5.32 Å². The third kappa shape index (κ3) is 4.56. The number of carbonyl (C=O) groups excluding carboxylic acids is 1. The van der Waals surface area contributed by atoms with Crippen molar-refractivity contribution in [2.45, 2.75) is 32.4 Å². The van der Waals surface area contributed by atoms with Gasteiger partial charge in [-0.2, -0.15) is 5.10 Å². The molecular formula is C27H26N4O3. The molecule has 1 saturated carbocycles. The zero-order valence-electron chi connectivity index (χ0n) is 18.7. The number of amides is 1. The normalized spacial score (nSPS) is 13.2. The maximum atomic E-state index is 13.4. The van der Waals surface area contributed by atoms with Crippen LogP contribution in [0.3, 0.4) is 0 Å². The molecule has 4 aromatic rings. The van der Waals surface area contributed by atoms with Gasteiger partial charge in [0.1, 0.15) is 0 Å². The van der Waals surface area contributed by atoms with E-state index in [9.17, 15) is 14.7 Å². The third-order valence-corrected chi connectivity index (χ3v) is 6.23. The van der Waals surface area contributed by atoms with Gasteiger partial charge in [-0.05, 0) is 65.3 Å². The van der Waals surface area contributed by atoms with Crippen LogP contribution in [0.25, 0.3) is 22.0 Å². The van der Waals surface area contributed by atoms with Gasteiger partial charge in [-0.1, -0.05) is 36.4 Å². The highest BCUT2D eigenvalue weighted by Gasteiger charge is 2.24. The molecule has 1 aliphatic carbocycles. The number of benzene rings is 3. The van der Waals surface area contributed by atoms with Crippen LogP contribution < -0.4 is 11.1 Å². The summed E-state index contributed by atoms with van der Waals surface area (Å²) in [6.07, 6.45) is 4.10. The SMILES string of the molecule is NCc1cccc(-c2cc(C(=O)Nc3ccccc3CC(=O)O)cc3c2cnn3CC2CC2)c1. The first-order valence-corrected chi connectivity index (χ1v) is 11.4. The average molecular weight is 455 g/mol. The summed E-state index contributed by atoms with van der Waals surface area (Å²) in [7, 11) is 0. The Hall–Kier alpha value is -3.97. The zero-order chi connectivity index (χ0) is 23.7. The predicted octanol–water partition coefficient (Wildman–Crippen LogP) is 4.45. The summed E-state index contributed by atoms with van der Waals surface area (Å²) < 4.78 is 1.98. The molecule has 1 aliphatic rings. The molecule has 1 heterocycles. The van der Waals surface area contributed by atoms with Crippen LogP contribution in [0.15, 0.2) is 66.9 Å². The molecular weight excluding hydrogens is 428 g/mol. The summed E-state index contributed by atoms with van der Waals surface area (Å²) in [6, 6.07) is 18.7. The summed E-state index contributed by atoms with van der Waals surface area (Å²) in [5, 5.41) is 17.7. The maximum absolute atomic E-state index is 13.4. The molecule has 172 valence electrons. The number of carboxylic acids is 1. The molecule has 1 fully saturated rings. The van der Waals surface area contributed by atoms with Crippen molar-refractivity contribution in [1.29, 1.82) is 0 Å². The van der Waals surface area contributed by atoms with E-state index in [-0.39, 0.29) is 12.3 Å². The van der Waals surface area contributed by atoms with Crippen LogP contribution in [0.4, 0.5) is 5.69 Å². The number of carbonyl (C=O) groups is 2. The first kappa shape index (κ1) is 21.9. The van der Waals surface area contributed by atoms with Crippen molar-refractivity contribution in [1.82, 2.24) is 9.78 Å². The summed E-state index contributed by atoms with van der Waals surface area (Å²) in [6.45, 7) is 1.26.